The Bertz CT molecular complexity index is 602. The number of nitrogens with one attached hydrogen (secondary N) is 1. The lowest BCUT2D eigenvalue weighted by Crippen LogP contribution is -2.33. The molecule has 0 spiro atoms. The summed E-state index contributed by atoms with van der Waals surface area (Å²) in [6.07, 6.45) is 7.49. The molecular formula is C16H22N4O2. The molecule has 0 aromatic carbocycles. The summed E-state index contributed by atoms with van der Waals surface area (Å²) in [5.74, 6) is 0. The second-order valence-electron chi connectivity index (χ2n) is 6.05. The maximum Gasteiger partial charge on any atom is 0.407 e. The first-order chi connectivity index (χ1) is 10.4. The zero-order chi connectivity index (χ0) is 16.0. The predicted octanol–water partition coefficient (Wildman–Crippen LogP) is 2.39. The lowest BCUT2D eigenvalue weighted by Gasteiger charge is -2.19. The van der Waals surface area contributed by atoms with E-state index in [1.807, 2.05) is 49.9 Å². The van der Waals surface area contributed by atoms with Gasteiger partial charge in [0.2, 0.25) is 0 Å². The highest BCUT2D eigenvalue weighted by Gasteiger charge is 2.15. The number of amides is 1. The van der Waals surface area contributed by atoms with E-state index in [2.05, 4.69) is 15.3 Å². The molecule has 6 nitrogen and oxygen atoms in total. The zero-order valence-corrected chi connectivity index (χ0v) is 13.2. The lowest BCUT2D eigenvalue weighted by atomic mass is 10.2. The first kappa shape index (κ1) is 16.0. The first-order valence-electron chi connectivity index (χ1n) is 7.29. The summed E-state index contributed by atoms with van der Waals surface area (Å²) in [4.78, 5) is 19.9. The number of aromatic nitrogens is 3. The van der Waals surface area contributed by atoms with Gasteiger partial charge >= 0.3 is 6.09 Å². The van der Waals surface area contributed by atoms with E-state index in [-0.39, 0.29) is 0 Å². The number of alkyl carbamates (subject to hydrolysis) is 1. The van der Waals surface area contributed by atoms with E-state index in [1.165, 1.54) is 0 Å². The van der Waals surface area contributed by atoms with Crippen LogP contribution in [-0.4, -0.2) is 32.8 Å². The van der Waals surface area contributed by atoms with Crippen molar-refractivity contribution in [1.29, 1.82) is 0 Å². The number of carbonyl (C=O) groups excluding carboxylic acids is 1. The molecule has 0 aliphatic carbocycles. The molecule has 0 unspecified atom stereocenters. The van der Waals surface area contributed by atoms with Gasteiger partial charge in [0, 0.05) is 37.3 Å². The Morgan fingerprint density at radius 2 is 2.14 bits per heavy atom. The normalized spacial score (nSPS) is 11.2. The van der Waals surface area contributed by atoms with Gasteiger partial charge in [0.25, 0.3) is 0 Å². The van der Waals surface area contributed by atoms with Crippen LogP contribution in [0.15, 0.2) is 37.1 Å². The van der Waals surface area contributed by atoms with Gasteiger partial charge in [-0.15, -0.1) is 0 Å². The van der Waals surface area contributed by atoms with Crippen molar-refractivity contribution in [2.45, 2.75) is 39.3 Å². The van der Waals surface area contributed by atoms with Gasteiger partial charge < -0.3 is 14.6 Å². The number of hydrogen-bond acceptors (Lipinski definition) is 4. The minimum absolute atomic E-state index is 0.397. The topological polar surface area (TPSA) is 69.0 Å². The zero-order valence-electron chi connectivity index (χ0n) is 13.2. The molecule has 0 saturated carbocycles. The van der Waals surface area contributed by atoms with E-state index in [0.717, 1.165) is 17.8 Å². The van der Waals surface area contributed by atoms with Crippen LogP contribution in [0.1, 0.15) is 32.0 Å². The third kappa shape index (κ3) is 5.20. The number of ether oxygens (including phenoxy) is 1. The third-order valence-corrected chi connectivity index (χ3v) is 2.92. The largest absolute Gasteiger partial charge is 0.444 e. The molecule has 1 N–H and O–H groups in total. The maximum absolute atomic E-state index is 11.6. The van der Waals surface area contributed by atoms with Crippen LogP contribution in [0.3, 0.4) is 0 Å². The Morgan fingerprint density at radius 1 is 1.32 bits per heavy atom. The van der Waals surface area contributed by atoms with E-state index < -0.39 is 11.7 Å². The highest BCUT2D eigenvalue weighted by molar-refractivity contribution is 5.67. The average molecular weight is 302 g/mol. The van der Waals surface area contributed by atoms with Crippen LogP contribution < -0.4 is 5.32 Å². The van der Waals surface area contributed by atoms with Crippen LogP contribution in [0.5, 0.6) is 0 Å². The number of carbonyl (C=O) groups is 1. The molecule has 2 rings (SSSR count). The standard InChI is InChI=1S/C16H22N4O2/c1-16(2,3)22-15(21)19-8-6-14-10-18-12-20(14)11-13-5-4-7-17-9-13/h4-5,7,9-10,12H,6,8,11H2,1-3H3,(H,19,21). The molecule has 118 valence electrons. The highest BCUT2D eigenvalue weighted by atomic mass is 16.6. The smallest absolute Gasteiger partial charge is 0.407 e. The Morgan fingerprint density at radius 3 is 2.82 bits per heavy atom. The van der Waals surface area contributed by atoms with E-state index in [1.54, 1.807) is 12.5 Å². The summed E-state index contributed by atoms with van der Waals surface area (Å²) >= 11 is 0. The van der Waals surface area contributed by atoms with Crippen LogP contribution in [0, 0.1) is 0 Å². The minimum Gasteiger partial charge on any atom is -0.444 e. The SMILES string of the molecule is CC(C)(C)OC(=O)NCCc1cncn1Cc1cccnc1. The quantitative estimate of drug-likeness (QED) is 0.920. The second kappa shape index (κ2) is 7.06. The van der Waals surface area contributed by atoms with Crippen molar-refractivity contribution >= 4 is 6.09 Å². The van der Waals surface area contributed by atoms with Crippen molar-refractivity contribution in [3.63, 3.8) is 0 Å². The molecule has 1 amide bonds. The number of rotatable bonds is 5. The van der Waals surface area contributed by atoms with Crippen molar-refractivity contribution < 1.29 is 9.53 Å². The summed E-state index contributed by atoms with van der Waals surface area (Å²) in [7, 11) is 0. The minimum atomic E-state index is -0.480. The first-order valence-corrected chi connectivity index (χ1v) is 7.29. The van der Waals surface area contributed by atoms with Gasteiger partial charge in [-0.05, 0) is 32.4 Å². The summed E-state index contributed by atoms with van der Waals surface area (Å²) in [6.45, 7) is 6.75. The van der Waals surface area contributed by atoms with E-state index in [0.29, 0.717) is 13.0 Å². The Labute approximate surface area is 130 Å². The Hall–Kier alpha value is -2.37. The predicted molar refractivity (Wildman–Crippen MR) is 83.5 cm³/mol. The number of nitrogens with zero attached hydrogens (tertiary/aromatic N) is 3. The van der Waals surface area contributed by atoms with E-state index >= 15 is 0 Å². The molecule has 0 bridgehead atoms. The molecule has 0 aliphatic heterocycles. The molecule has 0 aliphatic rings. The van der Waals surface area contributed by atoms with Crippen molar-refractivity contribution in [3.8, 4) is 0 Å². The van der Waals surface area contributed by atoms with Gasteiger partial charge in [0.1, 0.15) is 5.60 Å². The molecule has 0 atom stereocenters. The lowest BCUT2D eigenvalue weighted by molar-refractivity contribution is 0.0528. The molecular weight excluding hydrogens is 280 g/mol. The fourth-order valence-corrected chi connectivity index (χ4v) is 1.99. The number of pyridine rings is 1. The molecule has 0 radical (unpaired) electrons. The summed E-state index contributed by atoms with van der Waals surface area (Å²) in [5, 5.41) is 2.75. The highest BCUT2D eigenvalue weighted by Crippen LogP contribution is 2.07. The summed E-state index contributed by atoms with van der Waals surface area (Å²) in [5.41, 5.74) is 1.69. The van der Waals surface area contributed by atoms with Crippen molar-refractivity contribution in [2.24, 2.45) is 0 Å². The van der Waals surface area contributed by atoms with Gasteiger partial charge in [-0.25, -0.2) is 9.78 Å². The average Bonchev–Trinajstić information content (AvgIpc) is 2.85. The molecule has 22 heavy (non-hydrogen) atoms. The van der Waals surface area contributed by atoms with Crippen LogP contribution in [0.25, 0.3) is 0 Å². The van der Waals surface area contributed by atoms with Crippen molar-refractivity contribution in [3.05, 3.63) is 48.3 Å². The summed E-state index contributed by atoms with van der Waals surface area (Å²) < 4.78 is 7.25. The third-order valence-electron chi connectivity index (χ3n) is 2.92. The van der Waals surface area contributed by atoms with Gasteiger partial charge in [-0.3, -0.25) is 4.98 Å². The number of imidazole rings is 1. The molecule has 2 aromatic rings. The number of hydrogen-bond donors (Lipinski definition) is 1. The van der Waals surface area contributed by atoms with Crippen LogP contribution in [0.2, 0.25) is 0 Å². The fraction of sp³-hybridized carbons (Fsp3) is 0.438. The van der Waals surface area contributed by atoms with E-state index in [9.17, 15) is 4.79 Å². The summed E-state index contributed by atoms with van der Waals surface area (Å²) in [6, 6.07) is 3.94. The monoisotopic (exact) mass is 302 g/mol. The van der Waals surface area contributed by atoms with Crippen LogP contribution >= 0.6 is 0 Å². The Kier molecular flexibility index (Phi) is 5.14. The van der Waals surface area contributed by atoms with E-state index in [4.69, 9.17) is 4.74 Å². The maximum atomic E-state index is 11.6. The van der Waals surface area contributed by atoms with Gasteiger partial charge in [-0.2, -0.15) is 0 Å². The molecule has 2 heterocycles. The fourth-order valence-electron chi connectivity index (χ4n) is 1.99. The van der Waals surface area contributed by atoms with Gasteiger partial charge in [0.15, 0.2) is 0 Å². The van der Waals surface area contributed by atoms with Gasteiger partial charge in [0.05, 0.1) is 12.9 Å². The van der Waals surface area contributed by atoms with Crippen molar-refractivity contribution in [2.75, 3.05) is 6.54 Å². The van der Waals surface area contributed by atoms with Crippen molar-refractivity contribution in [1.82, 2.24) is 19.9 Å². The molecule has 2 aromatic heterocycles. The van der Waals surface area contributed by atoms with Crippen LogP contribution in [-0.2, 0) is 17.7 Å². The van der Waals surface area contributed by atoms with Gasteiger partial charge in [-0.1, -0.05) is 6.07 Å². The molecule has 0 fully saturated rings. The second-order valence-corrected chi connectivity index (χ2v) is 6.05. The van der Waals surface area contributed by atoms with Crippen LogP contribution in [0.4, 0.5) is 4.79 Å². The Balaban J connectivity index is 1.84. The molecule has 6 heteroatoms. The molecule has 0 saturated heterocycles.